The number of hydrogen-bond acceptors (Lipinski definition) is 8. The maximum atomic E-state index is 12.9. The zero-order valence-corrected chi connectivity index (χ0v) is 18.3. The van der Waals surface area contributed by atoms with Crippen LogP contribution in [0.4, 0.5) is 17.3 Å². The number of hydrogen-bond donors (Lipinski definition) is 4. The van der Waals surface area contributed by atoms with Gasteiger partial charge >= 0.3 is 0 Å². The van der Waals surface area contributed by atoms with Crippen molar-refractivity contribution in [1.29, 1.82) is 0 Å². The first kappa shape index (κ1) is 21.4. The molecular weight excluding hydrogens is 426 g/mol. The second kappa shape index (κ2) is 8.83. The number of ether oxygens (including phenoxy) is 1. The van der Waals surface area contributed by atoms with Gasteiger partial charge in [-0.05, 0) is 37.8 Å². The predicted molar refractivity (Wildman–Crippen MR) is 122 cm³/mol. The van der Waals surface area contributed by atoms with Crippen molar-refractivity contribution in [2.45, 2.75) is 50.5 Å². The minimum absolute atomic E-state index is 0.185. The van der Waals surface area contributed by atoms with E-state index in [0.29, 0.717) is 48.6 Å². The number of pyridine rings is 1. The average Bonchev–Trinajstić information content (AvgIpc) is 3.54. The summed E-state index contributed by atoms with van der Waals surface area (Å²) in [6.45, 7) is 0.963. The van der Waals surface area contributed by atoms with E-state index in [1.165, 1.54) is 10.7 Å². The van der Waals surface area contributed by atoms with E-state index in [1.54, 1.807) is 36.0 Å². The van der Waals surface area contributed by atoms with E-state index < -0.39 is 6.10 Å². The standard InChI is InChI=1S/C22H27N7O4/c1-23-19-11-18(25-16-3-2-8-28(22(16)32)9-10-33-13-4-5-13)27-20-14(12-24-29(19)20)21(31)26-15-6-7-17(15)30/h2-3,8,11-13,15,17,23,30H,4-7,9-10H2,1H3,(H,25,27)(H,26,31)/t15-,17+/m0/s1. The van der Waals surface area contributed by atoms with Gasteiger partial charge in [0.1, 0.15) is 22.9 Å². The first-order valence-corrected chi connectivity index (χ1v) is 11.2. The number of carbonyl (C=O) groups is 1. The Bertz CT molecular complexity index is 1230. The highest BCUT2D eigenvalue weighted by Gasteiger charge is 2.31. The minimum Gasteiger partial charge on any atom is -0.391 e. The third-order valence-corrected chi connectivity index (χ3v) is 6.02. The van der Waals surface area contributed by atoms with Gasteiger partial charge in [-0.3, -0.25) is 9.59 Å². The second-order valence-electron chi connectivity index (χ2n) is 8.41. The summed E-state index contributed by atoms with van der Waals surface area (Å²) < 4.78 is 8.78. The summed E-state index contributed by atoms with van der Waals surface area (Å²) in [4.78, 5) is 30.2. The predicted octanol–water partition coefficient (Wildman–Crippen LogP) is 1.11. The fourth-order valence-corrected chi connectivity index (χ4v) is 3.76. The molecule has 0 saturated heterocycles. The number of nitrogens with zero attached hydrogens (tertiary/aromatic N) is 4. The van der Waals surface area contributed by atoms with Gasteiger partial charge in [0.2, 0.25) is 0 Å². The zero-order valence-electron chi connectivity index (χ0n) is 18.3. The maximum Gasteiger partial charge on any atom is 0.274 e. The van der Waals surface area contributed by atoms with Crippen molar-refractivity contribution in [3.05, 3.63) is 46.5 Å². The number of aliphatic hydroxyl groups is 1. The van der Waals surface area contributed by atoms with Crippen molar-refractivity contribution in [1.82, 2.24) is 24.5 Å². The Labute approximate surface area is 189 Å². The summed E-state index contributed by atoms with van der Waals surface area (Å²) in [5.74, 6) is 0.645. The molecule has 11 nitrogen and oxygen atoms in total. The molecule has 33 heavy (non-hydrogen) atoms. The molecular formula is C22H27N7O4. The van der Waals surface area contributed by atoms with Crippen LogP contribution in [0.15, 0.2) is 35.4 Å². The Morgan fingerprint density at radius 1 is 1.30 bits per heavy atom. The van der Waals surface area contributed by atoms with Gasteiger partial charge in [0.05, 0.1) is 31.1 Å². The quantitative estimate of drug-likeness (QED) is 0.378. The molecule has 174 valence electrons. The highest BCUT2D eigenvalue weighted by atomic mass is 16.5. The van der Waals surface area contributed by atoms with E-state index in [1.807, 2.05) is 0 Å². The SMILES string of the molecule is CNc1cc(Nc2cccn(CCOC3CC3)c2=O)nc2c(C(=O)N[C@H]3CC[C@H]3O)cnn12. The van der Waals surface area contributed by atoms with Crippen LogP contribution in [0.1, 0.15) is 36.0 Å². The average molecular weight is 454 g/mol. The molecule has 3 heterocycles. The van der Waals surface area contributed by atoms with Crippen LogP contribution in [0.3, 0.4) is 0 Å². The van der Waals surface area contributed by atoms with Crippen LogP contribution in [0.5, 0.6) is 0 Å². The fraction of sp³-hybridized carbons (Fsp3) is 0.455. The van der Waals surface area contributed by atoms with Crippen LogP contribution in [0, 0.1) is 0 Å². The first-order valence-electron chi connectivity index (χ1n) is 11.2. The van der Waals surface area contributed by atoms with Crippen molar-refractivity contribution in [3.8, 4) is 0 Å². The lowest BCUT2D eigenvalue weighted by molar-refractivity contribution is 0.0448. The minimum atomic E-state index is -0.524. The number of aliphatic hydroxyl groups excluding tert-OH is 1. The van der Waals surface area contributed by atoms with E-state index in [0.717, 1.165) is 19.3 Å². The lowest BCUT2D eigenvalue weighted by Gasteiger charge is -2.32. The molecule has 0 bridgehead atoms. The van der Waals surface area contributed by atoms with Gasteiger partial charge in [0.25, 0.3) is 11.5 Å². The number of carbonyl (C=O) groups excluding carboxylic acids is 1. The van der Waals surface area contributed by atoms with Crippen LogP contribution in [-0.4, -0.2) is 62.1 Å². The molecule has 0 unspecified atom stereocenters. The lowest BCUT2D eigenvalue weighted by Crippen LogP contribution is -2.50. The Hall–Kier alpha value is -3.44. The number of nitrogens with one attached hydrogen (secondary N) is 3. The number of amides is 1. The Morgan fingerprint density at radius 3 is 2.85 bits per heavy atom. The van der Waals surface area contributed by atoms with E-state index in [2.05, 4.69) is 26.0 Å². The summed E-state index contributed by atoms with van der Waals surface area (Å²) in [6.07, 6.45) is 6.59. The molecule has 11 heteroatoms. The van der Waals surface area contributed by atoms with Gasteiger partial charge in [-0.25, -0.2) is 4.98 Å². The Balaban J connectivity index is 1.40. The van der Waals surface area contributed by atoms with Crippen molar-refractivity contribution in [2.24, 2.45) is 0 Å². The van der Waals surface area contributed by atoms with Crippen molar-refractivity contribution < 1.29 is 14.6 Å². The summed E-state index contributed by atoms with van der Waals surface area (Å²) in [5.41, 5.74) is 0.808. The normalized spacial score (nSPS) is 19.8. The molecule has 3 aromatic heterocycles. The van der Waals surface area contributed by atoms with E-state index in [9.17, 15) is 14.7 Å². The highest BCUT2D eigenvalue weighted by molar-refractivity contribution is 6.00. The second-order valence-corrected chi connectivity index (χ2v) is 8.41. The molecule has 0 radical (unpaired) electrons. The van der Waals surface area contributed by atoms with Crippen LogP contribution in [0.2, 0.25) is 0 Å². The smallest absolute Gasteiger partial charge is 0.274 e. The molecule has 0 aromatic carbocycles. The van der Waals surface area contributed by atoms with Gasteiger partial charge in [-0.2, -0.15) is 9.61 Å². The number of fused-ring (bicyclic) bond motifs is 1. The molecule has 2 fully saturated rings. The molecule has 2 aliphatic carbocycles. The van der Waals surface area contributed by atoms with Crippen LogP contribution < -0.4 is 21.5 Å². The Morgan fingerprint density at radius 2 is 2.15 bits per heavy atom. The first-order chi connectivity index (χ1) is 16.0. The summed E-state index contributed by atoms with van der Waals surface area (Å²) in [6, 6.07) is 4.93. The summed E-state index contributed by atoms with van der Waals surface area (Å²) >= 11 is 0. The molecule has 3 aromatic rings. The highest BCUT2D eigenvalue weighted by Crippen LogP contribution is 2.24. The number of anilines is 3. The molecule has 2 aliphatic rings. The number of aromatic nitrogens is 4. The number of rotatable bonds is 9. The third-order valence-electron chi connectivity index (χ3n) is 6.02. The molecule has 5 rings (SSSR count). The summed E-state index contributed by atoms with van der Waals surface area (Å²) in [7, 11) is 1.74. The zero-order chi connectivity index (χ0) is 22.9. The van der Waals surface area contributed by atoms with Gasteiger partial charge in [-0.1, -0.05) is 0 Å². The van der Waals surface area contributed by atoms with Crippen LogP contribution in [-0.2, 0) is 11.3 Å². The van der Waals surface area contributed by atoms with E-state index in [4.69, 9.17) is 4.74 Å². The molecule has 0 aliphatic heterocycles. The third kappa shape index (κ3) is 4.41. The largest absolute Gasteiger partial charge is 0.391 e. The van der Waals surface area contributed by atoms with E-state index >= 15 is 0 Å². The molecule has 1 amide bonds. The fourth-order valence-electron chi connectivity index (χ4n) is 3.76. The van der Waals surface area contributed by atoms with Crippen LogP contribution >= 0.6 is 0 Å². The monoisotopic (exact) mass is 453 g/mol. The summed E-state index contributed by atoms with van der Waals surface area (Å²) in [5, 5.41) is 23.0. The molecule has 2 saturated carbocycles. The molecule has 0 spiro atoms. The van der Waals surface area contributed by atoms with Gasteiger partial charge in [-0.15, -0.1) is 0 Å². The Kier molecular flexibility index (Phi) is 5.73. The topological polar surface area (TPSA) is 135 Å². The van der Waals surface area contributed by atoms with Gasteiger partial charge < -0.3 is 30.4 Å². The van der Waals surface area contributed by atoms with Gasteiger partial charge in [0, 0.05) is 25.9 Å². The van der Waals surface area contributed by atoms with Crippen LogP contribution in [0.25, 0.3) is 5.65 Å². The van der Waals surface area contributed by atoms with Gasteiger partial charge in [0.15, 0.2) is 5.65 Å². The maximum absolute atomic E-state index is 12.9. The molecule has 4 N–H and O–H groups in total. The van der Waals surface area contributed by atoms with Crippen molar-refractivity contribution in [2.75, 3.05) is 24.3 Å². The lowest BCUT2D eigenvalue weighted by atomic mass is 9.89. The van der Waals surface area contributed by atoms with E-state index in [-0.39, 0.29) is 23.1 Å². The van der Waals surface area contributed by atoms with Crippen molar-refractivity contribution >= 4 is 28.9 Å². The molecule has 2 atom stereocenters. The van der Waals surface area contributed by atoms with Crippen molar-refractivity contribution in [3.63, 3.8) is 0 Å².